The van der Waals surface area contributed by atoms with Crippen LogP contribution in [-0.4, -0.2) is 25.4 Å². The number of ether oxygens (including phenoxy) is 2. The Bertz CT molecular complexity index is 1210. The van der Waals surface area contributed by atoms with Gasteiger partial charge in [-0.15, -0.1) is 11.8 Å². The molecule has 0 saturated carbocycles. The van der Waals surface area contributed by atoms with Crippen molar-refractivity contribution in [1.29, 1.82) is 0 Å². The lowest BCUT2D eigenvalue weighted by Crippen LogP contribution is -2.13. The minimum atomic E-state index is -0.651. The van der Waals surface area contributed by atoms with Crippen molar-refractivity contribution in [1.82, 2.24) is 0 Å². The van der Waals surface area contributed by atoms with Gasteiger partial charge in [0.2, 0.25) is 0 Å². The molecule has 3 nitrogen and oxygen atoms in total. The fraction of sp³-hybridized carbons (Fsp3) is 0.219. The quantitative estimate of drug-likeness (QED) is 0.130. The Hall–Kier alpha value is -3.70. The molecule has 0 aromatic heterocycles. The first-order valence-corrected chi connectivity index (χ1v) is 12.9. The first-order chi connectivity index (χ1) is 17.8. The number of thioether (sulfide) groups is 1. The third-order valence-corrected chi connectivity index (χ3v) is 6.03. The number of hydrogen-bond donors (Lipinski definition) is 0. The van der Waals surface area contributed by atoms with E-state index in [1.165, 1.54) is 4.90 Å². The molecule has 0 aliphatic rings. The lowest BCUT2D eigenvalue weighted by Gasteiger charge is -2.18. The number of rotatable bonds is 10. The van der Waals surface area contributed by atoms with Crippen LogP contribution in [0.5, 0.6) is 0 Å². The van der Waals surface area contributed by atoms with Gasteiger partial charge in [0.1, 0.15) is 0 Å². The van der Waals surface area contributed by atoms with Gasteiger partial charge in [-0.05, 0) is 42.7 Å². The van der Waals surface area contributed by atoms with Gasteiger partial charge in [-0.3, -0.25) is 0 Å². The molecule has 182 valence electrons. The molecule has 1 unspecified atom stereocenters. The summed E-state index contributed by atoms with van der Waals surface area (Å²) in [6.45, 7) is 0.719. The second-order valence-electron chi connectivity index (χ2n) is 7.84. The topological polar surface area (TPSA) is 35.5 Å². The van der Waals surface area contributed by atoms with E-state index in [2.05, 4.69) is 35.8 Å². The fourth-order valence-corrected chi connectivity index (χ4v) is 3.97. The Balaban J connectivity index is 1.84. The third-order valence-electron chi connectivity index (χ3n) is 5.14. The fourth-order valence-electron chi connectivity index (χ4n) is 3.30. The Kier molecular flexibility index (Phi) is 12.0. The summed E-state index contributed by atoms with van der Waals surface area (Å²) in [4.78, 5) is 14.1. The van der Waals surface area contributed by atoms with Crippen LogP contribution in [0.25, 0.3) is 0 Å². The van der Waals surface area contributed by atoms with Crippen LogP contribution < -0.4 is 0 Å². The van der Waals surface area contributed by atoms with Crippen molar-refractivity contribution in [3.05, 3.63) is 114 Å². The van der Waals surface area contributed by atoms with Gasteiger partial charge in [-0.2, -0.15) is 0 Å². The highest BCUT2D eigenvalue weighted by Gasteiger charge is 2.21. The molecule has 0 aliphatic heterocycles. The molecule has 3 aromatic rings. The predicted octanol–water partition coefficient (Wildman–Crippen LogP) is 7.13. The van der Waals surface area contributed by atoms with Crippen LogP contribution in [0.15, 0.2) is 108 Å². The van der Waals surface area contributed by atoms with Gasteiger partial charge in [0, 0.05) is 31.1 Å². The van der Waals surface area contributed by atoms with Crippen molar-refractivity contribution in [2.45, 2.75) is 30.3 Å². The van der Waals surface area contributed by atoms with Crippen molar-refractivity contribution < 1.29 is 14.3 Å². The van der Waals surface area contributed by atoms with Crippen molar-refractivity contribution >= 4 is 17.7 Å². The van der Waals surface area contributed by atoms with E-state index in [1.807, 2.05) is 66.7 Å². The van der Waals surface area contributed by atoms with E-state index in [4.69, 9.17) is 9.47 Å². The van der Waals surface area contributed by atoms with Gasteiger partial charge < -0.3 is 9.47 Å². The van der Waals surface area contributed by atoms with E-state index >= 15 is 0 Å². The van der Waals surface area contributed by atoms with E-state index in [9.17, 15) is 4.79 Å². The van der Waals surface area contributed by atoms with Crippen LogP contribution in [0.2, 0.25) is 0 Å². The van der Waals surface area contributed by atoms with E-state index in [1.54, 1.807) is 37.1 Å². The SMILES string of the molecule is COCCCCC#C/C(=C\C#CCSc1ccccc1)C(OC(=O)c1ccccc1)c1ccccc1. The maximum absolute atomic E-state index is 13.0. The summed E-state index contributed by atoms with van der Waals surface area (Å²) in [5, 5.41) is 0. The number of benzene rings is 3. The second-order valence-corrected chi connectivity index (χ2v) is 8.89. The molecule has 3 aromatic carbocycles. The van der Waals surface area contributed by atoms with E-state index in [-0.39, 0.29) is 0 Å². The first kappa shape index (κ1) is 26.9. The number of allylic oxidation sites excluding steroid dienone is 1. The molecular formula is C32H30O3S. The third kappa shape index (κ3) is 9.51. The molecule has 0 bridgehead atoms. The van der Waals surface area contributed by atoms with Crippen LogP contribution in [0, 0.1) is 23.7 Å². The van der Waals surface area contributed by atoms with Crippen molar-refractivity contribution in [2.75, 3.05) is 19.5 Å². The van der Waals surface area contributed by atoms with Crippen molar-refractivity contribution in [3.8, 4) is 23.7 Å². The number of carbonyl (C=O) groups is 1. The number of carbonyl (C=O) groups excluding carboxylic acids is 1. The lowest BCUT2D eigenvalue weighted by molar-refractivity contribution is 0.0379. The van der Waals surface area contributed by atoms with Crippen molar-refractivity contribution in [3.63, 3.8) is 0 Å². The molecule has 0 fully saturated rings. The van der Waals surface area contributed by atoms with Gasteiger partial charge in [-0.1, -0.05) is 90.4 Å². The molecule has 0 heterocycles. The van der Waals surface area contributed by atoms with Gasteiger partial charge >= 0.3 is 5.97 Å². The zero-order valence-electron chi connectivity index (χ0n) is 20.5. The molecule has 0 amide bonds. The smallest absolute Gasteiger partial charge is 0.339 e. The van der Waals surface area contributed by atoms with Gasteiger partial charge in [0.15, 0.2) is 6.10 Å². The highest BCUT2D eigenvalue weighted by Crippen LogP contribution is 2.27. The zero-order chi connectivity index (χ0) is 25.3. The monoisotopic (exact) mass is 494 g/mol. The lowest BCUT2D eigenvalue weighted by atomic mass is 10.0. The minimum Gasteiger partial charge on any atom is -0.448 e. The highest BCUT2D eigenvalue weighted by atomic mass is 32.2. The molecule has 0 N–H and O–H groups in total. The summed E-state index contributed by atoms with van der Waals surface area (Å²) in [5.41, 5.74) is 2.01. The number of unbranched alkanes of at least 4 members (excludes halogenated alkanes) is 2. The summed E-state index contributed by atoms with van der Waals surface area (Å²) in [7, 11) is 1.70. The normalized spacial score (nSPS) is 11.4. The van der Waals surface area contributed by atoms with Crippen LogP contribution in [0.3, 0.4) is 0 Å². The molecule has 0 spiro atoms. The highest BCUT2D eigenvalue weighted by molar-refractivity contribution is 7.99. The summed E-state index contributed by atoms with van der Waals surface area (Å²) >= 11 is 1.68. The summed E-state index contributed by atoms with van der Waals surface area (Å²) < 4.78 is 11.1. The maximum Gasteiger partial charge on any atom is 0.339 e. The number of hydrogen-bond acceptors (Lipinski definition) is 4. The largest absolute Gasteiger partial charge is 0.448 e. The van der Waals surface area contributed by atoms with E-state index < -0.39 is 12.1 Å². The summed E-state index contributed by atoms with van der Waals surface area (Å²) in [5.74, 6) is 13.1. The molecule has 1 atom stereocenters. The van der Waals surface area contributed by atoms with Crippen LogP contribution in [0.1, 0.15) is 41.3 Å². The first-order valence-electron chi connectivity index (χ1n) is 11.9. The second kappa shape index (κ2) is 16.1. The van der Waals surface area contributed by atoms with E-state index in [0.29, 0.717) is 16.9 Å². The zero-order valence-corrected chi connectivity index (χ0v) is 21.3. The molecule has 0 radical (unpaired) electrons. The Morgan fingerprint density at radius 2 is 1.56 bits per heavy atom. The summed E-state index contributed by atoms with van der Waals surface area (Å²) in [6.07, 6.45) is 3.75. The Morgan fingerprint density at radius 1 is 0.889 bits per heavy atom. The predicted molar refractivity (Wildman–Crippen MR) is 148 cm³/mol. The minimum absolute atomic E-state index is 0.398. The molecule has 36 heavy (non-hydrogen) atoms. The number of esters is 1. The number of methoxy groups -OCH3 is 1. The van der Waals surface area contributed by atoms with E-state index in [0.717, 1.165) is 31.4 Å². The van der Waals surface area contributed by atoms with Crippen LogP contribution in [-0.2, 0) is 9.47 Å². The van der Waals surface area contributed by atoms with Gasteiger partial charge in [-0.25, -0.2) is 4.79 Å². The Labute approximate surface area is 218 Å². The molecular weight excluding hydrogens is 464 g/mol. The summed E-state index contributed by atoms with van der Waals surface area (Å²) in [6, 6.07) is 28.8. The van der Waals surface area contributed by atoms with Gasteiger partial charge in [0.25, 0.3) is 0 Å². The Morgan fingerprint density at radius 3 is 2.25 bits per heavy atom. The molecule has 0 saturated heterocycles. The standard InChI is InChI=1S/C32H30O3S/c1-34-25-15-3-2-7-17-28(20-14-16-26-36-30-23-12-6-13-24-30)31(27-18-8-4-9-19-27)35-32(33)29-21-10-5-11-22-29/h4-6,8-13,18-24,31H,2-3,15,25-26H2,1H3/b28-20+. The molecule has 3 rings (SSSR count). The average Bonchev–Trinajstić information content (AvgIpc) is 2.94. The average molecular weight is 495 g/mol. The molecule has 4 heteroatoms. The van der Waals surface area contributed by atoms with Gasteiger partial charge in [0.05, 0.1) is 16.9 Å². The molecule has 0 aliphatic carbocycles. The van der Waals surface area contributed by atoms with Crippen molar-refractivity contribution in [2.24, 2.45) is 0 Å². The van der Waals surface area contributed by atoms with Crippen LogP contribution >= 0.6 is 11.8 Å². The van der Waals surface area contributed by atoms with Crippen LogP contribution in [0.4, 0.5) is 0 Å². The maximum atomic E-state index is 13.0.